The highest BCUT2D eigenvalue weighted by Crippen LogP contribution is 2.32. The SMILES string of the molecule is CC[C@@H](c1ccc(S(=O)(=O)c2cccc(OC=CC(=O)Nc3cc(C)c(CNC[C@H](O)c4ccc(O)c5[nH]c(=O)ccc45)c(C)c3)c2)cc1)N1CCN(C2CCCCCC2)CC1. The van der Waals surface area contributed by atoms with Crippen molar-refractivity contribution in [3.05, 3.63) is 135 Å². The van der Waals surface area contributed by atoms with Gasteiger partial charge in [-0.05, 0) is 116 Å². The number of amides is 1. The van der Waals surface area contributed by atoms with E-state index in [0.717, 1.165) is 60.9 Å². The number of nitrogens with zero attached hydrogens (tertiary/aromatic N) is 2. The predicted molar refractivity (Wildman–Crippen MR) is 243 cm³/mol. The number of aliphatic hydroxyl groups excluding tert-OH is 1. The number of benzene rings is 4. The number of hydrogen-bond acceptors (Lipinski definition) is 10. The molecule has 2 aliphatic rings. The second-order valence-corrected chi connectivity index (χ2v) is 18.6. The Morgan fingerprint density at radius 1 is 0.903 bits per heavy atom. The zero-order valence-electron chi connectivity index (χ0n) is 35.9. The molecule has 2 heterocycles. The number of piperazine rings is 1. The molecule has 1 aromatic heterocycles. The third-order valence-corrected chi connectivity index (χ3v) is 14.3. The molecule has 1 saturated carbocycles. The molecule has 0 spiro atoms. The van der Waals surface area contributed by atoms with E-state index in [1.165, 1.54) is 69.1 Å². The van der Waals surface area contributed by atoms with Gasteiger partial charge in [0.15, 0.2) is 0 Å². The standard InChI is InChI=1S/C49H59N5O7S/c1-4-44(54-25-23-53(24-26-54)37-10-7-5-6-8-11-37)35-14-16-39(17-15-35)62(59,60)40-13-9-12-38(30-40)61-27-22-48(58)51-36-28-33(2)43(34(3)29-36)31-50-32-46(56)41-18-20-45(55)49-42(41)19-21-47(57)52-49/h9,12-22,27-30,37,44,46,50,55-56H,4-8,10-11,23-26,31-32H2,1-3H3,(H,51,58)(H,52,57)/t44-,46-/m0/s1. The lowest BCUT2D eigenvalue weighted by molar-refractivity contribution is -0.112. The van der Waals surface area contributed by atoms with Crippen molar-refractivity contribution >= 4 is 32.3 Å². The van der Waals surface area contributed by atoms with Gasteiger partial charge in [-0.2, -0.15) is 0 Å². The fraction of sp³-hybridized carbons (Fsp3) is 0.388. The maximum atomic E-state index is 13.7. The normalized spacial score (nSPS) is 16.9. The molecule has 1 saturated heterocycles. The van der Waals surface area contributed by atoms with Gasteiger partial charge >= 0.3 is 0 Å². The minimum Gasteiger partial charge on any atom is -0.506 e. The molecule has 0 bridgehead atoms. The fourth-order valence-corrected chi connectivity index (χ4v) is 10.5. The molecule has 1 amide bonds. The first-order valence-corrected chi connectivity index (χ1v) is 23.3. The van der Waals surface area contributed by atoms with Gasteiger partial charge < -0.3 is 30.6 Å². The number of aromatic amines is 1. The predicted octanol–water partition coefficient (Wildman–Crippen LogP) is 7.83. The van der Waals surface area contributed by atoms with E-state index >= 15 is 0 Å². The summed E-state index contributed by atoms with van der Waals surface area (Å²) in [6.07, 6.45) is 10.6. The number of aliphatic hydroxyl groups is 1. The summed E-state index contributed by atoms with van der Waals surface area (Å²) in [5.74, 6) is -0.207. The number of hydrogen-bond donors (Lipinski definition) is 5. The Labute approximate surface area is 364 Å². The number of sulfone groups is 1. The molecule has 13 heteroatoms. The third kappa shape index (κ3) is 10.6. The van der Waals surface area contributed by atoms with Crippen LogP contribution in [0, 0.1) is 13.8 Å². The first-order valence-electron chi connectivity index (χ1n) is 21.8. The Balaban J connectivity index is 0.904. The van der Waals surface area contributed by atoms with E-state index in [1.807, 2.05) is 38.1 Å². The highest BCUT2D eigenvalue weighted by molar-refractivity contribution is 7.91. The van der Waals surface area contributed by atoms with Crippen molar-refractivity contribution in [1.29, 1.82) is 0 Å². The maximum Gasteiger partial charge on any atom is 0.251 e. The first-order chi connectivity index (χ1) is 29.9. The van der Waals surface area contributed by atoms with Crippen LogP contribution in [0.2, 0.25) is 0 Å². The molecule has 12 nitrogen and oxygen atoms in total. The molecule has 7 rings (SSSR count). The minimum absolute atomic E-state index is 0.0674. The quantitative estimate of drug-likeness (QED) is 0.0398. The molecule has 328 valence electrons. The number of fused-ring (bicyclic) bond motifs is 1. The summed E-state index contributed by atoms with van der Waals surface area (Å²) in [5, 5.41) is 27.8. The molecule has 0 unspecified atom stereocenters. The van der Waals surface area contributed by atoms with Crippen molar-refractivity contribution in [3.63, 3.8) is 0 Å². The van der Waals surface area contributed by atoms with Gasteiger partial charge in [0.05, 0.1) is 27.7 Å². The van der Waals surface area contributed by atoms with Crippen LogP contribution in [0.25, 0.3) is 10.9 Å². The van der Waals surface area contributed by atoms with Gasteiger partial charge in [0.25, 0.3) is 5.91 Å². The lowest BCUT2D eigenvalue weighted by Gasteiger charge is -2.42. The average Bonchev–Trinajstić information content (AvgIpc) is 3.56. The van der Waals surface area contributed by atoms with E-state index in [9.17, 15) is 28.2 Å². The summed E-state index contributed by atoms with van der Waals surface area (Å²) in [6, 6.07) is 24.3. The minimum atomic E-state index is -3.83. The van der Waals surface area contributed by atoms with E-state index in [1.54, 1.807) is 42.5 Å². The van der Waals surface area contributed by atoms with Crippen LogP contribution in [0.4, 0.5) is 5.69 Å². The first kappa shape index (κ1) is 44.7. The molecular weight excluding hydrogens is 803 g/mol. The summed E-state index contributed by atoms with van der Waals surface area (Å²) < 4.78 is 33.2. The number of rotatable bonds is 15. The smallest absolute Gasteiger partial charge is 0.251 e. The van der Waals surface area contributed by atoms with Gasteiger partial charge in [-0.3, -0.25) is 19.4 Å². The number of H-pyrrole nitrogens is 1. The molecule has 62 heavy (non-hydrogen) atoms. The monoisotopic (exact) mass is 861 g/mol. The third-order valence-electron chi connectivity index (χ3n) is 12.5. The topological polar surface area (TPSA) is 164 Å². The van der Waals surface area contributed by atoms with Gasteiger partial charge in [-0.1, -0.05) is 56.9 Å². The number of nitrogens with one attached hydrogen (secondary N) is 3. The summed E-state index contributed by atoms with van der Waals surface area (Å²) in [6.45, 7) is 11.0. The van der Waals surface area contributed by atoms with E-state index in [-0.39, 0.29) is 45.0 Å². The number of pyridine rings is 1. The van der Waals surface area contributed by atoms with Crippen molar-refractivity contribution in [3.8, 4) is 11.5 Å². The Morgan fingerprint density at radius 3 is 2.31 bits per heavy atom. The van der Waals surface area contributed by atoms with Crippen LogP contribution < -0.4 is 20.9 Å². The van der Waals surface area contributed by atoms with Gasteiger partial charge in [-0.15, -0.1) is 0 Å². The molecule has 2 atom stereocenters. The van der Waals surface area contributed by atoms with E-state index in [2.05, 4.69) is 32.3 Å². The number of ether oxygens (including phenoxy) is 1. The summed E-state index contributed by atoms with van der Waals surface area (Å²) in [5.41, 5.74) is 5.12. The van der Waals surface area contributed by atoms with Crippen LogP contribution in [0.5, 0.6) is 11.5 Å². The number of anilines is 1. The van der Waals surface area contributed by atoms with Crippen molar-refractivity contribution < 1.29 is 28.2 Å². The van der Waals surface area contributed by atoms with Crippen molar-refractivity contribution in [2.24, 2.45) is 0 Å². The van der Waals surface area contributed by atoms with Crippen molar-refractivity contribution in [1.82, 2.24) is 20.1 Å². The zero-order valence-corrected chi connectivity index (χ0v) is 36.7. The van der Waals surface area contributed by atoms with Crippen molar-refractivity contribution in [2.75, 3.05) is 38.0 Å². The van der Waals surface area contributed by atoms with Crippen LogP contribution in [-0.4, -0.2) is 78.1 Å². The summed E-state index contributed by atoms with van der Waals surface area (Å²) >= 11 is 0. The summed E-state index contributed by atoms with van der Waals surface area (Å²) in [4.78, 5) is 32.8. The second kappa shape index (κ2) is 20.3. The largest absolute Gasteiger partial charge is 0.506 e. The van der Waals surface area contributed by atoms with Crippen LogP contribution in [0.3, 0.4) is 0 Å². The molecule has 4 aromatic carbocycles. The molecule has 5 N–H and O–H groups in total. The number of carbonyl (C=O) groups excluding carboxylic acids is 1. The highest BCUT2D eigenvalue weighted by atomic mass is 32.2. The van der Waals surface area contributed by atoms with Gasteiger partial charge in [0.1, 0.15) is 11.5 Å². The molecule has 5 aromatic rings. The number of carbonyl (C=O) groups is 1. The zero-order chi connectivity index (χ0) is 43.8. The number of aromatic nitrogens is 1. The molecule has 2 fully saturated rings. The number of phenols is 1. The Morgan fingerprint density at radius 2 is 1.61 bits per heavy atom. The lowest BCUT2D eigenvalue weighted by atomic mass is 10.0. The average molecular weight is 862 g/mol. The second-order valence-electron chi connectivity index (χ2n) is 16.6. The van der Waals surface area contributed by atoms with Crippen LogP contribution >= 0.6 is 0 Å². The van der Waals surface area contributed by atoms with Gasteiger partial charge in [-0.25, -0.2) is 8.42 Å². The Kier molecular flexibility index (Phi) is 14.6. The van der Waals surface area contributed by atoms with E-state index in [0.29, 0.717) is 23.2 Å². The molecule has 0 radical (unpaired) electrons. The van der Waals surface area contributed by atoms with Crippen LogP contribution in [0.15, 0.2) is 112 Å². The van der Waals surface area contributed by atoms with E-state index in [4.69, 9.17) is 4.74 Å². The number of aryl methyl sites for hydroxylation is 2. The lowest BCUT2D eigenvalue weighted by Crippen LogP contribution is -2.51. The number of phenolic OH excluding ortho intramolecular Hbond substituents is 1. The molecular formula is C49H59N5O7S. The maximum absolute atomic E-state index is 13.7. The van der Waals surface area contributed by atoms with Gasteiger partial charge in [0, 0.05) is 74.6 Å². The molecule has 1 aliphatic carbocycles. The van der Waals surface area contributed by atoms with Crippen molar-refractivity contribution in [2.45, 2.75) is 100 Å². The fourth-order valence-electron chi connectivity index (χ4n) is 9.16. The van der Waals surface area contributed by atoms with Gasteiger partial charge in [0.2, 0.25) is 15.4 Å². The van der Waals surface area contributed by atoms with Crippen LogP contribution in [0.1, 0.15) is 91.8 Å². The van der Waals surface area contributed by atoms with E-state index < -0.39 is 21.8 Å². The Bertz CT molecular complexity index is 2520. The molecule has 1 aliphatic heterocycles. The highest BCUT2D eigenvalue weighted by Gasteiger charge is 2.29. The number of aromatic hydroxyl groups is 1. The Hall–Kier alpha value is -5.31. The summed E-state index contributed by atoms with van der Waals surface area (Å²) in [7, 11) is -3.83. The van der Waals surface area contributed by atoms with Crippen LogP contribution in [-0.2, 0) is 21.2 Å².